The standard InChI is InChI=1S/C14H17NO4S/c16-13(14-7-4-9-19-14)11-15-20(17,18)10-8-12-5-2-1-3-6-12/h1-7,9,13,15-16H,8,10-11H2/t13-/m1/s1. The molecule has 1 heterocycles. The first kappa shape index (κ1) is 14.8. The Morgan fingerprint density at radius 2 is 1.90 bits per heavy atom. The molecule has 0 aliphatic rings. The first-order chi connectivity index (χ1) is 9.57. The molecule has 0 saturated heterocycles. The van der Waals surface area contributed by atoms with Crippen molar-refractivity contribution in [2.45, 2.75) is 12.5 Å². The van der Waals surface area contributed by atoms with Gasteiger partial charge in [0, 0.05) is 6.54 Å². The van der Waals surface area contributed by atoms with Crippen molar-refractivity contribution in [3.05, 3.63) is 60.1 Å². The van der Waals surface area contributed by atoms with Crippen LogP contribution in [0.15, 0.2) is 53.1 Å². The maximum absolute atomic E-state index is 11.8. The minimum Gasteiger partial charge on any atom is -0.467 e. The Morgan fingerprint density at radius 3 is 2.55 bits per heavy atom. The summed E-state index contributed by atoms with van der Waals surface area (Å²) >= 11 is 0. The SMILES string of the molecule is O=S(=O)(CCc1ccccc1)NC[C@@H](O)c1ccco1. The lowest BCUT2D eigenvalue weighted by molar-refractivity contribution is 0.154. The Bertz CT molecular complexity index is 608. The van der Waals surface area contributed by atoms with Crippen molar-refractivity contribution in [2.24, 2.45) is 0 Å². The summed E-state index contributed by atoms with van der Waals surface area (Å²) < 4.78 is 31.0. The summed E-state index contributed by atoms with van der Waals surface area (Å²) in [5.74, 6) is 0.331. The van der Waals surface area contributed by atoms with E-state index in [0.717, 1.165) is 5.56 Å². The molecular weight excluding hydrogens is 278 g/mol. The highest BCUT2D eigenvalue weighted by molar-refractivity contribution is 7.89. The Morgan fingerprint density at radius 1 is 1.15 bits per heavy atom. The highest BCUT2D eigenvalue weighted by atomic mass is 32.2. The third-order valence-corrected chi connectivity index (χ3v) is 4.22. The fourth-order valence-corrected chi connectivity index (χ4v) is 2.82. The van der Waals surface area contributed by atoms with Crippen molar-refractivity contribution in [3.8, 4) is 0 Å². The van der Waals surface area contributed by atoms with Gasteiger partial charge in [0.2, 0.25) is 10.0 Å². The van der Waals surface area contributed by atoms with Gasteiger partial charge in [0.25, 0.3) is 0 Å². The topological polar surface area (TPSA) is 79.5 Å². The summed E-state index contributed by atoms with van der Waals surface area (Å²) in [6, 6.07) is 12.6. The highest BCUT2D eigenvalue weighted by Gasteiger charge is 2.15. The van der Waals surface area contributed by atoms with Gasteiger partial charge in [-0.25, -0.2) is 13.1 Å². The van der Waals surface area contributed by atoms with Gasteiger partial charge in [-0.1, -0.05) is 30.3 Å². The molecule has 0 aliphatic heterocycles. The molecule has 0 unspecified atom stereocenters. The first-order valence-electron chi connectivity index (χ1n) is 6.29. The minimum absolute atomic E-state index is 0.0120. The molecule has 0 aliphatic carbocycles. The van der Waals surface area contributed by atoms with E-state index in [-0.39, 0.29) is 12.3 Å². The summed E-state index contributed by atoms with van der Waals surface area (Å²) in [5, 5.41) is 9.74. The number of aryl methyl sites for hydroxylation is 1. The van der Waals surface area contributed by atoms with E-state index in [1.807, 2.05) is 30.3 Å². The molecule has 1 aromatic heterocycles. The van der Waals surface area contributed by atoms with Gasteiger partial charge in [-0.05, 0) is 24.1 Å². The van der Waals surface area contributed by atoms with Crippen LogP contribution in [0.3, 0.4) is 0 Å². The van der Waals surface area contributed by atoms with Crippen LogP contribution in [0, 0.1) is 0 Å². The van der Waals surface area contributed by atoms with Crippen LogP contribution in [-0.2, 0) is 16.4 Å². The average Bonchev–Trinajstić information content (AvgIpc) is 2.98. The second kappa shape index (κ2) is 6.69. The number of aliphatic hydroxyl groups is 1. The average molecular weight is 295 g/mol. The zero-order valence-corrected chi connectivity index (χ0v) is 11.7. The van der Waals surface area contributed by atoms with E-state index >= 15 is 0 Å². The first-order valence-corrected chi connectivity index (χ1v) is 7.95. The zero-order valence-electron chi connectivity index (χ0n) is 10.9. The van der Waals surface area contributed by atoms with Crippen LogP contribution in [0.2, 0.25) is 0 Å². The number of nitrogens with one attached hydrogen (secondary N) is 1. The molecule has 1 atom stereocenters. The third kappa shape index (κ3) is 4.48. The molecule has 0 saturated carbocycles. The van der Waals surface area contributed by atoms with Gasteiger partial charge < -0.3 is 9.52 Å². The van der Waals surface area contributed by atoms with Crippen LogP contribution < -0.4 is 4.72 Å². The molecule has 5 nitrogen and oxygen atoms in total. The van der Waals surface area contributed by atoms with Crippen LogP contribution >= 0.6 is 0 Å². The quantitative estimate of drug-likeness (QED) is 0.811. The van der Waals surface area contributed by atoms with Gasteiger partial charge in [0.15, 0.2) is 0 Å². The molecule has 20 heavy (non-hydrogen) atoms. The number of aliphatic hydroxyl groups excluding tert-OH is 1. The molecule has 0 fully saturated rings. The molecule has 6 heteroatoms. The molecule has 108 valence electrons. The summed E-state index contributed by atoms with van der Waals surface area (Å²) in [5.41, 5.74) is 0.962. The minimum atomic E-state index is -3.42. The van der Waals surface area contributed by atoms with E-state index in [1.54, 1.807) is 12.1 Å². The fourth-order valence-electron chi connectivity index (χ4n) is 1.76. The van der Waals surface area contributed by atoms with Crippen molar-refractivity contribution in [3.63, 3.8) is 0 Å². The zero-order chi connectivity index (χ0) is 14.4. The predicted octanol–water partition coefficient (Wildman–Crippen LogP) is 1.48. The lowest BCUT2D eigenvalue weighted by atomic mass is 10.2. The number of hydrogen-bond acceptors (Lipinski definition) is 4. The predicted molar refractivity (Wildman–Crippen MR) is 75.6 cm³/mol. The van der Waals surface area contributed by atoms with Gasteiger partial charge in [-0.2, -0.15) is 0 Å². The molecule has 0 bridgehead atoms. The maximum Gasteiger partial charge on any atom is 0.212 e. The molecule has 2 N–H and O–H groups in total. The van der Waals surface area contributed by atoms with E-state index < -0.39 is 16.1 Å². The maximum atomic E-state index is 11.8. The van der Waals surface area contributed by atoms with E-state index in [4.69, 9.17) is 4.42 Å². The molecule has 0 spiro atoms. The van der Waals surface area contributed by atoms with Crippen molar-refractivity contribution in [2.75, 3.05) is 12.3 Å². The van der Waals surface area contributed by atoms with Crippen molar-refractivity contribution >= 4 is 10.0 Å². The second-order valence-corrected chi connectivity index (χ2v) is 6.36. The van der Waals surface area contributed by atoms with Crippen LogP contribution in [-0.4, -0.2) is 25.8 Å². The number of benzene rings is 1. The van der Waals surface area contributed by atoms with Gasteiger partial charge in [-0.3, -0.25) is 0 Å². The summed E-state index contributed by atoms with van der Waals surface area (Å²) in [4.78, 5) is 0. The molecule has 0 radical (unpaired) electrons. The lowest BCUT2D eigenvalue weighted by Crippen LogP contribution is -2.31. The second-order valence-electron chi connectivity index (χ2n) is 4.43. The van der Waals surface area contributed by atoms with Crippen LogP contribution in [0.4, 0.5) is 0 Å². The summed E-state index contributed by atoms with van der Waals surface area (Å²) in [7, 11) is -3.42. The molecule has 2 rings (SSSR count). The Hall–Kier alpha value is -1.63. The van der Waals surface area contributed by atoms with Gasteiger partial charge in [0.1, 0.15) is 11.9 Å². The normalized spacial score (nSPS) is 13.2. The number of hydrogen-bond donors (Lipinski definition) is 2. The Labute approximate surface area is 118 Å². The molecule has 1 aromatic carbocycles. The van der Waals surface area contributed by atoms with E-state index in [0.29, 0.717) is 12.2 Å². The fraction of sp³-hybridized carbons (Fsp3) is 0.286. The smallest absolute Gasteiger partial charge is 0.212 e. The molecular formula is C14H17NO4S. The van der Waals surface area contributed by atoms with Crippen LogP contribution in [0.5, 0.6) is 0 Å². The monoisotopic (exact) mass is 295 g/mol. The third-order valence-electron chi connectivity index (χ3n) is 2.87. The van der Waals surface area contributed by atoms with Crippen LogP contribution in [0.1, 0.15) is 17.4 Å². The van der Waals surface area contributed by atoms with Crippen molar-refractivity contribution < 1.29 is 17.9 Å². The van der Waals surface area contributed by atoms with Gasteiger partial charge >= 0.3 is 0 Å². The lowest BCUT2D eigenvalue weighted by Gasteiger charge is -2.10. The van der Waals surface area contributed by atoms with Gasteiger partial charge in [-0.15, -0.1) is 0 Å². The van der Waals surface area contributed by atoms with E-state index in [1.165, 1.54) is 6.26 Å². The highest BCUT2D eigenvalue weighted by Crippen LogP contribution is 2.12. The molecule has 2 aromatic rings. The largest absolute Gasteiger partial charge is 0.467 e. The van der Waals surface area contributed by atoms with Gasteiger partial charge in [0.05, 0.1) is 12.0 Å². The molecule has 0 amide bonds. The Kier molecular flexibility index (Phi) is 4.94. The van der Waals surface area contributed by atoms with Crippen molar-refractivity contribution in [1.29, 1.82) is 0 Å². The number of furan rings is 1. The summed E-state index contributed by atoms with van der Waals surface area (Å²) in [6.07, 6.45) is 0.895. The summed E-state index contributed by atoms with van der Waals surface area (Å²) in [6.45, 7) is -0.0926. The van der Waals surface area contributed by atoms with Crippen molar-refractivity contribution in [1.82, 2.24) is 4.72 Å². The van der Waals surface area contributed by atoms with E-state index in [2.05, 4.69) is 4.72 Å². The number of rotatable bonds is 7. The number of sulfonamides is 1. The van der Waals surface area contributed by atoms with E-state index in [9.17, 15) is 13.5 Å². The Balaban J connectivity index is 1.82. The van der Waals surface area contributed by atoms with Crippen LogP contribution in [0.25, 0.3) is 0 Å².